The lowest BCUT2D eigenvalue weighted by Gasteiger charge is -2.18. The lowest BCUT2D eigenvalue weighted by molar-refractivity contribution is -0.116. The molecule has 0 aliphatic carbocycles. The number of amides is 1. The van der Waals surface area contributed by atoms with E-state index in [0.29, 0.717) is 18.5 Å². The number of benzene rings is 2. The molecule has 0 unspecified atom stereocenters. The van der Waals surface area contributed by atoms with Crippen LogP contribution in [0.2, 0.25) is 0 Å². The van der Waals surface area contributed by atoms with Crippen molar-refractivity contribution in [2.45, 2.75) is 25.5 Å². The first-order valence-corrected chi connectivity index (χ1v) is 9.05. The maximum absolute atomic E-state index is 12.3. The zero-order valence-corrected chi connectivity index (χ0v) is 13.6. The standard InChI is InChI=1S/C17H18N2O3S/c1-12-2-4-13(5-3-12)11-23(21,22)19-15-7-8-16-14(10-15)6-9-17(20)18-16/h2-5,7-8,10,19H,6,9,11H2,1H3,(H,18,20). The molecule has 1 aliphatic rings. The highest BCUT2D eigenvalue weighted by Crippen LogP contribution is 2.26. The number of hydrogen-bond acceptors (Lipinski definition) is 3. The summed E-state index contributed by atoms with van der Waals surface area (Å²) in [6, 6.07) is 12.6. The Morgan fingerprint density at radius 1 is 1.09 bits per heavy atom. The fraction of sp³-hybridized carbons (Fsp3) is 0.235. The van der Waals surface area contributed by atoms with Gasteiger partial charge >= 0.3 is 0 Å². The van der Waals surface area contributed by atoms with Crippen molar-refractivity contribution in [3.8, 4) is 0 Å². The molecule has 1 amide bonds. The summed E-state index contributed by atoms with van der Waals surface area (Å²) in [5.74, 6) is -0.0774. The first kappa shape index (κ1) is 15.6. The van der Waals surface area contributed by atoms with Gasteiger partial charge in [0.25, 0.3) is 0 Å². The van der Waals surface area contributed by atoms with Gasteiger partial charge in [-0.3, -0.25) is 9.52 Å². The van der Waals surface area contributed by atoms with Crippen molar-refractivity contribution in [3.63, 3.8) is 0 Å². The van der Waals surface area contributed by atoms with Gasteiger partial charge in [0.05, 0.1) is 5.75 Å². The van der Waals surface area contributed by atoms with Gasteiger partial charge < -0.3 is 5.32 Å². The van der Waals surface area contributed by atoms with Crippen LogP contribution in [0.1, 0.15) is 23.1 Å². The van der Waals surface area contributed by atoms with Crippen molar-refractivity contribution in [1.82, 2.24) is 0 Å². The molecule has 0 radical (unpaired) electrons. The fourth-order valence-electron chi connectivity index (χ4n) is 2.57. The Morgan fingerprint density at radius 3 is 2.57 bits per heavy atom. The van der Waals surface area contributed by atoms with Gasteiger partial charge in [-0.05, 0) is 42.7 Å². The van der Waals surface area contributed by atoms with Crippen molar-refractivity contribution in [2.75, 3.05) is 10.0 Å². The van der Waals surface area contributed by atoms with E-state index in [0.717, 1.165) is 22.4 Å². The van der Waals surface area contributed by atoms with Crippen LogP contribution < -0.4 is 10.0 Å². The summed E-state index contributed by atoms with van der Waals surface area (Å²) >= 11 is 0. The molecule has 5 nitrogen and oxygen atoms in total. The van der Waals surface area contributed by atoms with Gasteiger partial charge in [0.15, 0.2) is 0 Å². The molecule has 2 aromatic rings. The summed E-state index contributed by atoms with van der Waals surface area (Å²) in [6.07, 6.45) is 1.04. The molecule has 0 saturated heterocycles. The average Bonchev–Trinajstić information content (AvgIpc) is 2.49. The number of carbonyl (C=O) groups excluding carboxylic acids is 1. The number of rotatable bonds is 4. The Morgan fingerprint density at radius 2 is 1.83 bits per heavy atom. The lowest BCUT2D eigenvalue weighted by atomic mass is 10.0. The van der Waals surface area contributed by atoms with Crippen molar-refractivity contribution in [3.05, 3.63) is 59.2 Å². The molecular formula is C17H18N2O3S. The molecule has 2 N–H and O–H groups in total. The molecule has 0 spiro atoms. The number of carbonyl (C=O) groups is 1. The number of nitrogens with one attached hydrogen (secondary N) is 2. The predicted molar refractivity (Wildman–Crippen MR) is 90.8 cm³/mol. The summed E-state index contributed by atoms with van der Waals surface area (Å²) in [6.45, 7) is 1.96. The molecule has 1 heterocycles. The van der Waals surface area contributed by atoms with Crippen molar-refractivity contribution < 1.29 is 13.2 Å². The summed E-state index contributed by atoms with van der Waals surface area (Å²) in [7, 11) is -3.48. The Balaban J connectivity index is 1.75. The maximum Gasteiger partial charge on any atom is 0.236 e. The summed E-state index contributed by atoms with van der Waals surface area (Å²) in [4.78, 5) is 11.3. The van der Waals surface area contributed by atoms with Gasteiger partial charge in [0.2, 0.25) is 15.9 Å². The van der Waals surface area contributed by atoms with Crippen molar-refractivity contribution >= 4 is 27.3 Å². The molecule has 0 fully saturated rings. The second kappa shape index (κ2) is 6.04. The Hall–Kier alpha value is -2.34. The minimum absolute atomic E-state index is 0.00907. The van der Waals surface area contributed by atoms with Gasteiger partial charge in [-0.1, -0.05) is 29.8 Å². The van der Waals surface area contributed by atoms with Crippen molar-refractivity contribution in [2.24, 2.45) is 0 Å². The van der Waals surface area contributed by atoms with E-state index in [9.17, 15) is 13.2 Å². The molecule has 0 aromatic heterocycles. The molecule has 2 aromatic carbocycles. The van der Waals surface area contributed by atoms with E-state index in [1.807, 2.05) is 31.2 Å². The topological polar surface area (TPSA) is 75.3 Å². The van der Waals surface area contributed by atoms with E-state index in [4.69, 9.17) is 0 Å². The largest absolute Gasteiger partial charge is 0.326 e. The van der Waals surface area contributed by atoms with Crippen LogP contribution in [-0.4, -0.2) is 14.3 Å². The van der Waals surface area contributed by atoms with Crippen LogP contribution in [0.4, 0.5) is 11.4 Å². The van der Waals surface area contributed by atoms with Crippen LogP contribution in [0.5, 0.6) is 0 Å². The zero-order chi connectivity index (χ0) is 16.4. The third-order valence-corrected chi connectivity index (χ3v) is 5.01. The highest BCUT2D eigenvalue weighted by molar-refractivity contribution is 7.91. The maximum atomic E-state index is 12.3. The third kappa shape index (κ3) is 3.90. The summed E-state index contributed by atoms with van der Waals surface area (Å²) < 4.78 is 27.2. The minimum atomic E-state index is -3.48. The van der Waals surface area contributed by atoms with Crippen LogP contribution in [0.25, 0.3) is 0 Å². The number of anilines is 2. The van der Waals surface area contributed by atoms with Gasteiger partial charge in [-0.2, -0.15) is 0 Å². The van der Waals surface area contributed by atoms with E-state index in [2.05, 4.69) is 10.0 Å². The zero-order valence-electron chi connectivity index (χ0n) is 12.8. The molecular weight excluding hydrogens is 312 g/mol. The smallest absolute Gasteiger partial charge is 0.236 e. The SMILES string of the molecule is Cc1ccc(CS(=O)(=O)Nc2ccc3c(c2)CCC(=O)N3)cc1. The van der Waals surface area contributed by atoms with Crippen molar-refractivity contribution in [1.29, 1.82) is 0 Å². The van der Waals surface area contributed by atoms with Crippen LogP contribution in [0.3, 0.4) is 0 Å². The summed E-state index contributed by atoms with van der Waals surface area (Å²) in [5.41, 5.74) is 4.05. The second-order valence-electron chi connectivity index (χ2n) is 5.77. The molecule has 1 aliphatic heterocycles. The van der Waals surface area contributed by atoms with Gasteiger partial charge in [-0.15, -0.1) is 0 Å². The Kier molecular flexibility index (Phi) is 4.09. The Labute approximate surface area is 135 Å². The average molecular weight is 330 g/mol. The highest BCUT2D eigenvalue weighted by atomic mass is 32.2. The predicted octanol–water partition coefficient (Wildman–Crippen LogP) is 2.82. The Bertz CT molecular complexity index is 843. The van der Waals surface area contributed by atoms with E-state index < -0.39 is 10.0 Å². The molecule has 3 rings (SSSR count). The fourth-order valence-corrected chi connectivity index (χ4v) is 3.76. The number of sulfonamides is 1. The first-order chi connectivity index (χ1) is 10.9. The van der Waals surface area contributed by atoms with Crippen LogP contribution in [0, 0.1) is 6.92 Å². The lowest BCUT2D eigenvalue weighted by Crippen LogP contribution is -2.20. The number of fused-ring (bicyclic) bond motifs is 1. The summed E-state index contributed by atoms with van der Waals surface area (Å²) in [5, 5.41) is 2.78. The van der Waals surface area contributed by atoms with E-state index in [1.165, 1.54) is 0 Å². The molecule has 0 bridgehead atoms. The van der Waals surface area contributed by atoms with E-state index in [-0.39, 0.29) is 11.7 Å². The quantitative estimate of drug-likeness (QED) is 0.905. The second-order valence-corrected chi connectivity index (χ2v) is 7.49. The van der Waals surface area contributed by atoms with Crippen LogP contribution >= 0.6 is 0 Å². The molecule has 23 heavy (non-hydrogen) atoms. The highest BCUT2D eigenvalue weighted by Gasteiger charge is 2.17. The number of hydrogen-bond donors (Lipinski definition) is 2. The molecule has 120 valence electrons. The minimum Gasteiger partial charge on any atom is -0.326 e. The van der Waals surface area contributed by atoms with E-state index >= 15 is 0 Å². The van der Waals surface area contributed by atoms with Gasteiger partial charge in [0.1, 0.15) is 0 Å². The molecule has 6 heteroatoms. The normalized spacial score (nSPS) is 14.0. The van der Waals surface area contributed by atoms with Gasteiger partial charge in [0, 0.05) is 17.8 Å². The van der Waals surface area contributed by atoms with E-state index in [1.54, 1.807) is 18.2 Å². The van der Waals surface area contributed by atoms with Crippen LogP contribution in [0.15, 0.2) is 42.5 Å². The third-order valence-electron chi connectivity index (χ3n) is 3.75. The first-order valence-electron chi connectivity index (χ1n) is 7.40. The van der Waals surface area contributed by atoms with Crippen LogP contribution in [-0.2, 0) is 27.0 Å². The molecule has 0 atom stereocenters. The number of aryl methyl sites for hydroxylation is 2. The van der Waals surface area contributed by atoms with Gasteiger partial charge in [-0.25, -0.2) is 8.42 Å². The monoisotopic (exact) mass is 330 g/mol. The molecule has 0 saturated carbocycles.